The van der Waals surface area contributed by atoms with E-state index < -0.39 is 0 Å². The number of nitrogens with two attached hydrogens (primary N) is 1. The molecule has 0 spiro atoms. The fourth-order valence-electron chi connectivity index (χ4n) is 1.47. The number of nitrogen functional groups attached to an aromatic ring is 1. The van der Waals surface area contributed by atoms with Crippen molar-refractivity contribution >= 4 is 17.4 Å². The first kappa shape index (κ1) is 13.8. The third kappa shape index (κ3) is 3.63. The average molecular weight is 247 g/mol. The molecule has 1 rings (SSSR count). The standard InChI is InChI=1S/C12H17N5O/c1-3-4-15-11(18)8-17(2)12-10(14)5-9(6-13)7-16-12/h5,7H,3-4,8,14H2,1-2H3,(H,15,18). The fourth-order valence-corrected chi connectivity index (χ4v) is 1.47. The van der Waals surface area contributed by atoms with Crippen molar-refractivity contribution in [3.63, 3.8) is 0 Å². The Morgan fingerprint density at radius 3 is 2.94 bits per heavy atom. The second-order valence-electron chi connectivity index (χ2n) is 3.95. The number of carbonyl (C=O) groups excluding carboxylic acids is 1. The van der Waals surface area contributed by atoms with Crippen molar-refractivity contribution in [1.82, 2.24) is 10.3 Å². The number of hydrogen-bond donors (Lipinski definition) is 2. The predicted molar refractivity (Wildman–Crippen MR) is 69.9 cm³/mol. The minimum absolute atomic E-state index is 0.0788. The Morgan fingerprint density at radius 1 is 1.67 bits per heavy atom. The summed E-state index contributed by atoms with van der Waals surface area (Å²) in [4.78, 5) is 17.3. The molecular formula is C12H17N5O. The summed E-state index contributed by atoms with van der Waals surface area (Å²) in [5.41, 5.74) is 6.58. The van der Waals surface area contributed by atoms with Crippen LogP contribution in [0.1, 0.15) is 18.9 Å². The van der Waals surface area contributed by atoms with E-state index >= 15 is 0 Å². The monoisotopic (exact) mass is 247 g/mol. The van der Waals surface area contributed by atoms with E-state index in [1.807, 2.05) is 13.0 Å². The molecule has 18 heavy (non-hydrogen) atoms. The van der Waals surface area contributed by atoms with Crippen LogP contribution in [-0.2, 0) is 4.79 Å². The Hall–Kier alpha value is -2.29. The van der Waals surface area contributed by atoms with Gasteiger partial charge in [-0.1, -0.05) is 6.92 Å². The van der Waals surface area contributed by atoms with Crippen molar-refractivity contribution in [3.8, 4) is 6.07 Å². The zero-order valence-electron chi connectivity index (χ0n) is 10.6. The quantitative estimate of drug-likeness (QED) is 0.790. The number of amides is 1. The third-order valence-electron chi connectivity index (χ3n) is 2.34. The summed E-state index contributed by atoms with van der Waals surface area (Å²) in [5, 5.41) is 11.5. The summed E-state index contributed by atoms with van der Waals surface area (Å²) in [6.07, 6.45) is 2.33. The van der Waals surface area contributed by atoms with E-state index in [1.165, 1.54) is 6.20 Å². The maximum atomic E-state index is 11.5. The van der Waals surface area contributed by atoms with Crippen LogP contribution >= 0.6 is 0 Å². The van der Waals surface area contributed by atoms with Gasteiger partial charge in [0.25, 0.3) is 0 Å². The molecule has 1 aromatic rings. The summed E-state index contributed by atoms with van der Waals surface area (Å²) in [6.45, 7) is 2.83. The average Bonchev–Trinajstić information content (AvgIpc) is 2.35. The first-order chi connectivity index (χ1) is 8.58. The molecule has 6 heteroatoms. The van der Waals surface area contributed by atoms with Gasteiger partial charge in [0, 0.05) is 19.8 Å². The van der Waals surface area contributed by atoms with Gasteiger partial charge in [0.1, 0.15) is 6.07 Å². The molecule has 0 fully saturated rings. The Morgan fingerprint density at radius 2 is 2.39 bits per heavy atom. The molecule has 0 bridgehead atoms. The highest BCUT2D eigenvalue weighted by molar-refractivity contribution is 5.82. The van der Waals surface area contributed by atoms with Crippen molar-refractivity contribution in [2.75, 3.05) is 30.8 Å². The molecule has 1 heterocycles. The maximum Gasteiger partial charge on any atom is 0.239 e. The first-order valence-electron chi connectivity index (χ1n) is 5.72. The summed E-state index contributed by atoms with van der Waals surface area (Å²) in [7, 11) is 1.73. The largest absolute Gasteiger partial charge is 0.396 e. The van der Waals surface area contributed by atoms with Gasteiger partial charge in [0.15, 0.2) is 5.82 Å². The molecular weight excluding hydrogens is 230 g/mol. The van der Waals surface area contributed by atoms with Crippen molar-refractivity contribution in [1.29, 1.82) is 5.26 Å². The summed E-state index contributed by atoms with van der Waals surface area (Å²) in [5.74, 6) is 0.422. The van der Waals surface area contributed by atoms with Gasteiger partial charge in [-0.2, -0.15) is 5.26 Å². The predicted octanol–water partition coefficient (Wildman–Crippen LogP) is 0.498. The van der Waals surface area contributed by atoms with Crippen LogP contribution in [0.3, 0.4) is 0 Å². The first-order valence-corrected chi connectivity index (χ1v) is 5.72. The number of aromatic nitrogens is 1. The molecule has 1 aromatic heterocycles. The maximum absolute atomic E-state index is 11.5. The van der Waals surface area contributed by atoms with Crippen LogP contribution in [0.2, 0.25) is 0 Å². The highest BCUT2D eigenvalue weighted by atomic mass is 16.2. The minimum atomic E-state index is -0.0788. The van der Waals surface area contributed by atoms with Gasteiger partial charge in [-0.15, -0.1) is 0 Å². The lowest BCUT2D eigenvalue weighted by atomic mass is 10.2. The number of pyridine rings is 1. The van der Waals surface area contributed by atoms with Crippen LogP contribution in [-0.4, -0.2) is 31.0 Å². The molecule has 1 amide bonds. The van der Waals surface area contributed by atoms with Crippen LogP contribution < -0.4 is 16.0 Å². The third-order valence-corrected chi connectivity index (χ3v) is 2.34. The molecule has 0 atom stereocenters. The molecule has 0 aliphatic rings. The number of nitrogens with one attached hydrogen (secondary N) is 1. The van der Waals surface area contributed by atoms with Crippen LogP contribution in [0.5, 0.6) is 0 Å². The Bertz CT molecular complexity index is 466. The lowest BCUT2D eigenvalue weighted by Gasteiger charge is -2.19. The van der Waals surface area contributed by atoms with E-state index in [9.17, 15) is 4.79 Å². The van der Waals surface area contributed by atoms with Crippen LogP contribution in [0.25, 0.3) is 0 Å². The number of hydrogen-bond acceptors (Lipinski definition) is 5. The Labute approximate surface area is 106 Å². The number of anilines is 2. The molecule has 0 saturated heterocycles. The molecule has 0 aliphatic carbocycles. The van der Waals surface area contributed by atoms with Crippen molar-refractivity contribution in [2.45, 2.75) is 13.3 Å². The zero-order valence-corrected chi connectivity index (χ0v) is 10.6. The van der Waals surface area contributed by atoms with Gasteiger partial charge in [-0.05, 0) is 12.5 Å². The van der Waals surface area contributed by atoms with Gasteiger partial charge < -0.3 is 16.0 Å². The second-order valence-corrected chi connectivity index (χ2v) is 3.95. The molecule has 0 aliphatic heterocycles. The van der Waals surface area contributed by atoms with Gasteiger partial charge in [-0.3, -0.25) is 4.79 Å². The second kappa shape index (κ2) is 6.45. The highest BCUT2D eigenvalue weighted by Crippen LogP contribution is 2.19. The van der Waals surface area contributed by atoms with Gasteiger partial charge in [0.05, 0.1) is 17.8 Å². The number of rotatable bonds is 5. The number of carbonyl (C=O) groups is 1. The van der Waals surface area contributed by atoms with E-state index in [-0.39, 0.29) is 12.5 Å². The van der Waals surface area contributed by atoms with Crippen LogP contribution in [0, 0.1) is 11.3 Å². The SMILES string of the molecule is CCCNC(=O)CN(C)c1ncc(C#N)cc1N. The van der Waals surface area contributed by atoms with E-state index in [2.05, 4.69) is 10.3 Å². The van der Waals surface area contributed by atoms with Gasteiger partial charge in [-0.25, -0.2) is 4.98 Å². The fraction of sp³-hybridized carbons (Fsp3) is 0.417. The van der Waals surface area contributed by atoms with Gasteiger partial charge >= 0.3 is 0 Å². The van der Waals surface area contributed by atoms with E-state index in [1.54, 1.807) is 18.0 Å². The number of likely N-dealkylation sites (N-methyl/N-ethyl adjacent to an activating group) is 1. The smallest absolute Gasteiger partial charge is 0.239 e. The lowest BCUT2D eigenvalue weighted by molar-refractivity contribution is -0.119. The molecule has 3 N–H and O–H groups in total. The molecule has 6 nitrogen and oxygen atoms in total. The highest BCUT2D eigenvalue weighted by Gasteiger charge is 2.11. The summed E-state index contributed by atoms with van der Waals surface area (Å²) in [6, 6.07) is 3.51. The topological polar surface area (TPSA) is 95.0 Å². The molecule has 0 unspecified atom stereocenters. The zero-order chi connectivity index (χ0) is 13.5. The van der Waals surface area contributed by atoms with Gasteiger partial charge in [0.2, 0.25) is 5.91 Å². The normalized spacial score (nSPS) is 9.61. The van der Waals surface area contributed by atoms with Crippen molar-refractivity contribution in [2.24, 2.45) is 0 Å². The van der Waals surface area contributed by atoms with Crippen LogP contribution in [0.15, 0.2) is 12.3 Å². The molecule has 0 saturated carbocycles. The molecule has 0 radical (unpaired) electrons. The van der Waals surface area contributed by atoms with Crippen molar-refractivity contribution < 1.29 is 4.79 Å². The summed E-state index contributed by atoms with van der Waals surface area (Å²) < 4.78 is 0. The number of nitriles is 1. The molecule has 96 valence electrons. The van der Waals surface area contributed by atoms with Crippen molar-refractivity contribution in [3.05, 3.63) is 17.8 Å². The molecule has 0 aromatic carbocycles. The number of nitrogens with zero attached hydrogens (tertiary/aromatic N) is 3. The summed E-state index contributed by atoms with van der Waals surface area (Å²) >= 11 is 0. The van der Waals surface area contributed by atoms with E-state index in [0.29, 0.717) is 23.6 Å². The van der Waals surface area contributed by atoms with E-state index in [0.717, 1.165) is 6.42 Å². The Balaban J connectivity index is 2.70. The Kier molecular flexibility index (Phi) is 4.93. The minimum Gasteiger partial charge on any atom is -0.396 e. The van der Waals surface area contributed by atoms with E-state index in [4.69, 9.17) is 11.0 Å². The lowest BCUT2D eigenvalue weighted by Crippen LogP contribution is -2.36. The van der Waals surface area contributed by atoms with Crippen LogP contribution in [0.4, 0.5) is 11.5 Å².